The van der Waals surface area contributed by atoms with Gasteiger partial charge in [-0.05, 0) is 32.9 Å². The van der Waals surface area contributed by atoms with Gasteiger partial charge in [0, 0.05) is 6.04 Å². The van der Waals surface area contributed by atoms with Crippen LogP contribution in [0.1, 0.15) is 31.1 Å². The molecule has 0 radical (unpaired) electrons. The molecule has 0 aliphatic carbocycles. The van der Waals surface area contributed by atoms with Gasteiger partial charge in [0.1, 0.15) is 6.54 Å². The molecule has 1 aromatic carbocycles. The first-order valence-electron chi connectivity index (χ1n) is 7.20. The fourth-order valence-electron chi connectivity index (χ4n) is 1.95. The maximum atomic E-state index is 12.1. The Hall–Kier alpha value is -2.09. The topological polar surface area (TPSA) is 92.8 Å². The van der Waals surface area contributed by atoms with Crippen molar-refractivity contribution in [3.8, 4) is 0 Å². The summed E-state index contributed by atoms with van der Waals surface area (Å²) in [7, 11) is -3.76. The zero-order chi connectivity index (χ0) is 17.6. The molecule has 8 heteroatoms. The summed E-state index contributed by atoms with van der Waals surface area (Å²) in [6.45, 7) is 4.96. The van der Waals surface area contributed by atoms with Crippen LogP contribution < -0.4 is 9.62 Å². The third kappa shape index (κ3) is 5.55. The van der Waals surface area contributed by atoms with Crippen LogP contribution in [0.2, 0.25) is 0 Å². The maximum Gasteiger partial charge on any atom is 0.340 e. The van der Waals surface area contributed by atoms with Crippen molar-refractivity contribution in [2.75, 3.05) is 23.7 Å². The Morgan fingerprint density at radius 2 is 1.87 bits per heavy atom. The van der Waals surface area contributed by atoms with Gasteiger partial charge < -0.3 is 10.1 Å². The van der Waals surface area contributed by atoms with Crippen LogP contribution in [0.25, 0.3) is 0 Å². The number of sulfonamides is 1. The second kappa shape index (κ2) is 7.96. The number of nitrogens with zero attached hydrogens (tertiary/aromatic N) is 1. The number of carbonyl (C=O) groups is 2. The Kier molecular flexibility index (Phi) is 6.56. The minimum absolute atomic E-state index is 0.0946. The van der Waals surface area contributed by atoms with E-state index < -0.39 is 28.4 Å². The summed E-state index contributed by atoms with van der Waals surface area (Å²) in [5, 5.41) is 2.63. The zero-order valence-corrected chi connectivity index (χ0v) is 14.5. The molecule has 0 aromatic heterocycles. The van der Waals surface area contributed by atoms with Crippen molar-refractivity contribution in [1.82, 2.24) is 5.32 Å². The highest BCUT2D eigenvalue weighted by molar-refractivity contribution is 7.92. The van der Waals surface area contributed by atoms with Gasteiger partial charge in [-0.2, -0.15) is 0 Å². The largest absolute Gasteiger partial charge is 0.462 e. The quantitative estimate of drug-likeness (QED) is 0.751. The van der Waals surface area contributed by atoms with Gasteiger partial charge in [-0.25, -0.2) is 13.2 Å². The number of hydrogen-bond acceptors (Lipinski definition) is 5. The monoisotopic (exact) mass is 342 g/mol. The molecule has 128 valence electrons. The first-order chi connectivity index (χ1) is 10.7. The fraction of sp³-hybridized carbons (Fsp3) is 0.467. The van der Waals surface area contributed by atoms with Crippen LogP contribution in [0.15, 0.2) is 24.3 Å². The van der Waals surface area contributed by atoms with E-state index in [2.05, 4.69) is 5.32 Å². The smallest absolute Gasteiger partial charge is 0.340 e. The minimum atomic E-state index is -3.76. The highest BCUT2D eigenvalue weighted by Crippen LogP contribution is 2.23. The van der Waals surface area contributed by atoms with Crippen molar-refractivity contribution >= 4 is 27.6 Å². The number of benzene rings is 1. The lowest BCUT2D eigenvalue weighted by Crippen LogP contribution is -2.43. The fourth-order valence-corrected chi connectivity index (χ4v) is 2.82. The molecule has 0 atom stereocenters. The number of amides is 1. The van der Waals surface area contributed by atoms with E-state index >= 15 is 0 Å². The Bertz CT molecular complexity index is 670. The molecule has 0 aliphatic heterocycles. The molecule has 0 spiro atoms. The van der Waals surface area contributed by atoms with Crippen molar-refractivity contribution in [2.45, 2.75) is 26.8 Å². The molecular formula is C15H22N2O5S. The molecule has 1 N–H and O–H groups in total. The van der Waals surface area contributed by atoms with Crippen LogP contribution in [-0.2, 0) is 19.6 Å². The van der Waals surface area contributed by atoms with Gasteiger partial charge in [0.15, 0.2) is 0 Å². The molecule has 0 saturated carbocycles. The zero-order valence-electron chi connectivity index (χ0n) is 13.7. The van der Waals surface area contributed by atoms with E-state index in [0.29, 0.717) is 0 Å². The second-order valence-electron chi connectivity index (χ2n) is 5.23. The Labute approximate surface area is 136 Å². The van der Waals surface area contributed by atoms with E-state index in [4.69, 9.17) is 4.74 Å². The number of carbonyl (C=O) groups excluding carboxylic acids is 2. The van der Waals surface area contributed by atoms with Gasteiger partial charge in [-0.1, -0.05) is 12.1 Å². The molecule has 0 aliphatic rings. The number of esters is 1. The Balaban J connectivity index is 3.24. The van der Waals surface area contributed by atoms with E-state index in [1.165, 1.54) is 12.1 Å². The average molecular weight is 342 g/mol. The predicted octanol–water partition coefficient (Wildman–Crippen LogP) is 1.15. The van der Waals surface area contributed by atoms with E-state index in [1.807, 2.05) is 0 Å². The van der Waals surface area contributed by atoms with Gasteiger partial charge in [-0.15, -0.1) is 0 Å². The summed E-state index contributed by atoms with van der Waals surface area (Å²) in [6.07, 6.45) is 0.984. The summed E-state index contributed by atoms with van der Waals surface area (Å²) in [6, 6.07) is 6.01. The summed E-state index contributed by atoms with van der Waals surface area (Å²) < 4.78 is 30.0. The van der Waals surface area contributed by atoms with E-state index in [9.17, 15) is 18.0 Å². The number of ether oxygens (including phenoxy) is 1. The van der Waals surface area contributed by atoms with Crippen molar-refractivity contribution in [1.29, 1.82) is 0 Å². The van der Waals surface area contributed by atoms with Crippen LogP contribution in [0.5, 0.6) is 0 Å². The number of para-hydroxylation sites is 1. The van der Waals surface area contributed by atoms with Gasteiger partial charge in [0.2, 0.25) is 15.9 Å². The molecule has 1 aromatic rings. The standard InChI is InChI=1S/C15H22N2O5S/c1-5-22-15(19)12-8-6-7-9-13(12)17(23(4,20)21)10-14(18)16-11(2)3/h6-9,11H,5,10H2,1-4H3,(H,16,18). The highest BCUT2D eigenvalue weighted by Gasteiger charge is 2.25. The lowest BCUT2D eigenvalue weighted by atomic mass is 10.2. The van der Waals surface area contributed by atoms with Crippen LogP contribution in [0.4, 0.5) is 5.69 Å². The van der Waals surface area contributed by atoms with E-state index in [1.54, 1.807) is 32.9 Å². The van der Waals surface area contributed by atoms with Crippen LogP contribution in [0.3, 0.4) is 0 Å². The van der Waals surface area contributed by atoms with Crippen molar-refractivity contribution in [3.05, 3.63) is 29.8 Å². The summed E-state index contributed by atoms with van der Waals surface area (Å²) in [5.74, 6) is -1.09. The molecule has 1 rings (SSSR count). The number of nitrogens with one attached hydrogen (secondary N) is 1. The van der Waals surface area contributed by atoms with Crippen LogP contribution in [-0.4, -0.2) is 45.7 Å². The summed E-state index contributed by atoms with van der Waals surface area (Å²) in [4.78, 5) is 24.0. The van der Waals surface area contributed by atoms with Gasteiger partial charge in [0.25, 0.3) is 0 Å². The Morgan fingerprint density at radius 1 is 1.26 bits per heavy atom. The summed E-state index contributed by atoms with van der Waals surface area (Å²) in [5.41, 5.74) is 0.212. The highest BCUT2D eigenvalue weighted by atomic mass is 32.2. The van der Waals surface area contributed by atoms with Gasteiger partial charge in [0.05, 0.1) is 24.1 Å². The summed E-state index contributed by atoms with van der Waals surface area (Å²) >= 11 is 0. The first kappa shape index (κ1) is 19.0. The molecule has 23 heavy (non-hydrogen) atoms. The molecule has 0 saturated heterocycles. The number of anilines is 1. The predicted molar refractivity (Wildman–Crippen MR) is 87.9 cm³/mol. The van der Waals surface area contributed by atoms with Crippen molar-refractivity contribution in [2.24, 2.45) is 0 Å². The molecule has 1 amide bonds. The molecule has 7 nitrogen and oxygen atoms in total. The molecule has 0 fully saturated rings. The minimum Gasteiger partial charge on any atom is -0.462 e. The molecular weight excluding hydrogens is 320 g/mol. The lowest BCUT2D eigenvalue weighted by Gasteiger charge is -2.24. The molecule has 0 heterocycles. The number of rotatable bonds is 7. The SMILES string of the molecule is CCOC(=O)c1ccccc1N(CC(=O)NC(C)C)S(C)(=O)=O. The van der Waals surface area contributed by atoms with Crippen LogP contribution >= 0.6 is 0 Å². The third-order valence-electron chi connectivity index (χ3n) is 2.81. The normalized spacial score (nSPS) is 11.2. The second-order valence-corrected chi connectivity index (χ2v) is 7.14. The lowest BCUT2D eigenvalue weighted by molar-refractivity contribution is -0.120. The average Bonchev–Trinajstić information content (AvgIpc) is 2.43. The van der Waals surface area contributed by atoms with Gasteiger partial charge >= 0.3 is 5.97 Å². The van der Waals surface area contributed by atoms with Crippen molar-refractivity contribution in [3.63, 3.8) is 0 Å². The Morgan fingerprint density at radius 3 is 2.39 bits per heavy atom. The van der Waals surface area contributed by atoms with Gasteiger partial charge in [-0.3, -0.25) is 9.10 Å². The van der Waals surface area contributed by atoms with Crippen LogP contribution in [0, 0.1) is 0 Å². The van der Waals surface area contributed by atoms with E-state index in [0.717, 1.165) is 10.6 Å². The first-order valence-corrected chi connectivity index (χ1v) is 9.04. The molecule has 0 bridgehead atoms. The number of hydrogen-bond donors (Lipinski definition) is 1. The maximum absolute atomic E-state index is 12.1. The molecule has 0 unspecified atom stereocenters. The van der Waals surface area contributed by atoms with E-state index in [-0.39, 0.29) is 23.9 Å². The van der Waals surface area contributed by atoms with Crippen molar-refractivity contribution < 1.29 is 22.7 Å². The third-order valence-corrected chi connectivity index (χ3v) is 3.93.